The van der Waals surface area contributed by atoms with Gasteiger partial charge in [-0.1, -0.05) is 18.2 Å². The van der Waals surface area contributed by atoms with Gasteiger partial charge in [0.2, 0.25) is 0 Å². The largest absolute Gasteiger partial charge is 0.345 e. The fourth-order valence-electron chi connectivity index (χ4n) is 2.71. The molecular weight excluding hydrogens is 294 g/mol. The van der Waals surface area contributed by atoms with Crippen molar-refractivity contribution in [1.29, 1.82) is 0 Å². The van der Waals surface area contributed by atoms with E-state index in [9.17, 15) is 14.4 Å². The summed E-state index contributed by atoms with van der Waals surface area (Å²) in [6.45, 7) is 3.61. The SMILES string of the molecule is Cc1ccccc1C(=O)N1CCN(C(=O)C(=O)NC2CC2)CC1. The third-order valence-corrected chi connectivity index (χ3v) is 4.34. The van der Waals surface area contributed by atoms with Gasteiger partial charge in [0.05, 0.1) is 0 Å². The predicted molar refractivity (Wildman–Crippen MR) is 84.8 cm³/mol. The van der Waals surface area contributed by atoms with E-state index in [1.807, 2.05) is 31.2 Å². The van der Waals surface area contributed by atoms with Crippen LogP contribution in [0.5, 0.6) is 0 Å². The second-order valence-corrected chi connectivity index (χ2v) is 6.15. The summed E-state index contributed by atoms with van der Waals surface area (Å²) in [4.78, 5) is 39.7. The molecule has 1 saturated carbocycles. The van der Waals surface area contributed by atoms with Crippen LogP contribution in [0, 0.1) is 6.92 Å². The van der Waals surface area contributed by atoms with Crippen molar-refractivity contribution in [3.05, 3.63) is 35.4 Å². The minimum absolute atomic E-state index is 0.0161. The fraction of sp³-hybridized carbons (Fsp3) is 0.471. The molecule has 6 nitrogen and oxygen atoms in total. The number of rotatable bonds is 2. The molecule has 1 N–H and O–H groups in total. The highest BCUT2D eigenvalue weighted by atomic mass is 16.2. The maximum Gasteiger partial charge on any atom is 0.312 e. The number of amides is 3. The van der Waals surface area contributed by atoms with Gasteiger partial charge in [-0.3, -0.25) is 14.4 Å². The number of piperazine rings is 1. The number of hydrogen-bond acceptors (Lipinski definition) is 3. The van der Waals surface area contributed by atoms with E-state index in [-0.39, 0.29) is 11.9 Å². The van der Waals surface area contributed by atoms with E-state index in [2.05, 4.69) is 5.32 Å². The fourth-order valence-corrected chi connectivity index (χ4v) is 2.71. The van der Waals surface area contributed by atoms with E-state index < -0.39 is 11.8 Å². The van der Waals surface area contributed by atoms with Crippen molar-refractivity contribution in [1.82, 2.24) is 15.1 Å². The molecule has 0 aromatic heterocycles. The third-order valence-electron chi connectivity index (χ3n) is 4.34. The lowest BCUT2D eigenvalue weighted by Crippen LogP contribution is -2.54. The van der Waals surface area contributed by atoms with E-state index in [0.717, 1.165) is 18.4 Å². The van der Waals surface area contributed by atoms with E-state index >= 15 is 0 Å². The monoisotopic (exact) mass is 315 g/mol. The average molecular weight is 315 g/mol. The Kier molecular flexibility index (Phi) is 4.32. The number of hydrogen-bond donors (Lipinski definition) is 1. The molecule has 1 saturated heterocycles. The molecular formula is C17H21N3O3. The van der Waals surface area contributed by atoms with Gasteiger partial charge in [0.15, 0.2) is 0 Å². The smallest absolute Gasteiger partial charge is 0.312 e. The summed E-state index contributed by atoms with van der Waals surface area (Å²) >= 11 is 0. The van der Waals surface area contributed by atoms with E-state index in [4.69, 9.17) is 0 Å². The van der Waals surface area contributed by atoms with E-state index in [1.54, 1.807) is 4.90 Å². The molecule has 2 fully saturated rings. The number of carbonyl (C=O) groups excluding carboxylic acids is 3. The molecule has 1 aromatic rings. The Balaban J connectivity index is 1.55. The zero-order valence-corrected chi connectivity index (χ0v) is 13.2. The molecule has 2 aliphatic rings. The van der Waals surface area contributed by atoms with Crippen LogP contribution < -0.4 is 5.32 Å². The Labute approximate surface area is 135 Å². The van der Waals surface area contributed by atoms with Crippen molar-refractivity contribution < 1.29 is 14.4 Å². The standard InChI is InChI=1S/C17H21N3O3/c1-12-4-2-3-5-14(12)16(22)19-8-10-20(11-9-19)17(23)15(21)18-13-6-7-13/h2-5,13H,6-11H2,1H3,(H,18,21). The molecule has 6 heteroatoms. The zero-order chi connectivity index (χ0) is 16.4. The lowest BCUT2D eigenvalue weighted by atomic mass is 10.1. The zero-order valence-electron chi connectivity index (χ0n) is 13.2. The van der Waals surface area contributed by atoms with Gasteiger partial charge < -0.3 is 15.1 Å². The van der Waals surface area contributed by atoms with Crippen LogP contribution in [-0.4, -0.2) is 59.7 Å². The van der Waals surface area contributed by atoms with Gasteiger partial charge in [-0.15, -0.1) is 0 Å². The molecule has 0 unspecified atom stereocenters. The van der Waals surface area contributed by atoms with Gasteiger partial charge >= 0.3 is 11.8 Å². The van der Waals surface area contributed by atoms with Crippen LogP contribution in [-0.2, 0) is 9.59 Å². The molecule has 1 aliphatic heterocycles. The van der Waals surface area contributed by atoms with Gasteiger partial charge in [-0.2, -0.15) is 0 Å². The molecule has 0 radical (unpaired) electrons. The van der Waals surface area contributed by atoms with Gasteiger partial charge in [-0.25, -0.2) is 0 Å². The van der Waals surface area contributed by atoms with E-state index in [0.29, 0.717) is 31.7 Å². The molecule has 122 valence electrons. The van der Waals surface area contributed by atoms with Crippen LogP contribution >= 0.6 is 0 Å². The average Bonchev–Trinajstić information content (AvgIpc) is 3.38. The molecule has 3 amide bonds. The molecule has 23 heavy (non-hydrogen) atoms. The number of aryl methyl sites for hydroxylation is 1. The van der Waals surface area contributed by atoms with Crippen molar-refractivity contribution in [3.8, 4) is 0 Å². The highest BCUT2D eigenvalue weighted by Gasteiger charge is 2.31. The normalized spacial score (nSPS) is 17.8. The first-order chi connectivity index (χ1) is 11.1. The summed E-state index contributed by atoms with van der Waals surface area (Å²) in [6, 6.07) is 7.66. The minimum Gasteiger partial charge on any atom is -0.345 e. The van der Waals surface area contributed by atoms with Crippen LogP contribution in [0.15, 0.2) is 24.3 Å². The summed E-state index contributed by atoms with van der Waals surface area (Å²) < 4.78 is 0. The second kappa shape index (κ2) is 6.40. The highest BCUT2D eigenvalue weighted by molar-refractivity contribution is 6.35. The summed E-state index contributed by atoms with van der Waals surface area (Å²) in [7, 11) is 0. The Hall–Kier alpha value is -2.37. The van der Waals surface area contributed by atoms with Gasteiger partial charge in [0.1, 0.15) is 0 Å². The van der Waals surface area contributed by atoms with Crippen LogP contribution in [0.25, 0.3) is 0 Å². The maximum atomic E-state index is 12.5. The lowest BCUT2D eigenvalue weighted by molar-refractivity contribution is -0.146. The van der Waals surface area contributed by atoms with Crippen molar-refractivity contribution >= 4 is 17.7 Å². The van der Waals surface area contributed by atoms with Crippen LogP contribution in [0.4, 0.5) is 0 Å². The van der Waals surface area contributed by atoms with E-state index in [1.165, 1.54) is 4.90 Å². The summed E-state index contributed by atoms with van der Waals surface area (Å²) in [6.07, 6.45) is 1.91. The van der Waals surface area contributed by atoms with Crippen molar-refractivity contribution in [3.63, 3.8) is 0 Å². The lowest BCUT2D eigenvalue weighted by Gasteiger charge is -2.34. The Morgan fingerprint density at radius 2 is 1.61 bits per heavy atom. The van der Waals surface area contributed by atoms with Crippen molar-refractivity contribution in [2.24, 2.45) is 0 Å². The maximum absolute atomic E-state index is 12.5. The van der Waals surface area contributed by atoms with Crippen molar-refractivity contribution in [2.45, 2.75) is 25.8 Å². The number of benzene rings is 1. The van der Waals surface area contributed by atoms with Gasteiger partial charge in [0.25, 0.3) is 5.91 Å². The summed E-state index contributed by atoms with van der Waals surface area (Å²) in [5.41, 5.74) is 1.64. The number of carbonyl (C=O) groups is 3. The highest BCUT2D eigenvalue weighted by Crippen LogP contribution is 2.18. The molecule has 0 bridgehead atoms. The molecule has 0 atom stereocenters. The molecule has 1 heterocycles. The summed E-state index contributed by atoms with van der Waals surface area (Å²) in [5, 5.41) is 2.71. The van der Waals surface area contributed by atoms with Gasteiger partial charge in [0, 0.05) is 37.8 Å². The van der Waals surface area contributed by atoms with Crippen LogP contribution in [0.2, 0.25) is 0 Å². The molecule has 3 rings (SSSR count). The Morgan fingerprint density at radius 3 is 2.22 bits per heavy atom. The second-order valence-electron chi connectivity index (χ2n) is 6.15. The quantitative estimate of drug-likeness (QED) is 0.811. The number of nitrogens with zero attached hydrogens (tertiary/aromatic N) is 2. The number of nitrogens with one attached hydrogen (secondary N) is 1. The molecule has 0 spiro atoms. The Bertz CT molecular complexity index is 632. The van der Waals surface area contributed by atoms with Gasteiger partial charge in [-0.05, 0) is 31.4 Å². The Morgan fingerprint density at radius 1 is 1.00 bits per heavy atom. The first-order valence-electron chi connectivity index (χ1n) is 8.01. The first-order valence-corrected chi connectivity index (χ1v) is 8.01. The first kappa shape index (κ1) is 15.5. The third kappa shape index (κ3) is 3.52. The van der Waals surface area contributed by atoms with Crippen LogP contribution in [0.1, 0.15) is 28.8 Å². The summed E-state index contributed by atoms with van der Waals surface area (Å²) in [5.74, 6) is -1.02. The predicted octanol–water partition coefficient (Wildman–Crippen LogP) is 0.558. The topological polar surface area (TPSA) is 69.7 Å². The molecule has 1 aliphatic carbocycles. The van der Waals surface area contributed by atoms with Crippen LogP contribution in [0.3, 0.4) is 0 Å². The van der Waals surface area contributed by atoms with Crippen molar-refractivity contribution in [2.75, 3.05) is 26.2 Å². The molecule has 1 aromatic carbocycles. The minimum atomic E-state index is -0.522.